The lowest BCUT2D eigenvalue weighted by Gasteiger charge is -2.25. The molecule has 0 saturated heterocycles. The fraction of sp³-hybridized carbons (Fsp3) is 0.192. The van der Waals surface area contributed by atoms with Crippen molar-refractivity contribution in [1.29, 1.82) is 0 Å². The first-order chi connectivity index (χ1) is 15.4. The Kier molecular flexibility index (Phi) is 7.98. The van der Waals surface area contributed by atoms with Gasteiger partial charge >= 0.3 is 5.97 Å². The molecule has 0 aromatic heterocycles. The summed E-state index contributed by atoms with van der Waals surface area (Å²) >= 11 is 0. The van der Waals surface area contributed by atoms with Crippen LogP contribution in [0.25, 0.3) is 6.08 Å². The highest BCUT2D eigenvalue weighted by molar-refractivity contribution is 7.89. The number of nitrogens with one attached hydrogen (secondary N) is 1. The Balaban J connectivity index is 2.02. The minimum Gasteiger partial charge on any atom is -0.469 e. The highest BCUT2D eigenvalue weighted by Crippen LogP contribution is 2.27. The van der Waals surface area contributed by atoms with Crippen molar-refractivity contribution >= 4 is 22.1 Å². The molecule has 0 radical (unpaired) electrons. The van der Waals surface area contributed by atoms with E-state index in [1.165, 1.54) is 7.11 Å². The highest BCUT2D eigenvalue weighted by Gasteiger charge is 2.29. The third-order valence-electron chi connectivity index (χ3n) is 5.19. The Morgan fingerprint density at radius 3 is 2.12 bits per heavy atom. The van der Waals surface area contributed by atoms with Crippen LogP contribution in [-0.4, -0.2) is 27.5 Å². The smallest absolute Gasteiger partial charge is 0.306 e. The maximum Gasteiger partial charge on any atom is 0.306 e. The molecule has 0 aliphatic heterocycles. The number of hydrogen-bond donors (Lipinski definition) is 1. The van der Waals surface area contributed by atoms with E-state index in [4.69, 9.17) is 4.74 Å². The average molecular weight is 450 g/mol. The van der Waals surface area contributed by atoms with Crippen molar-refractivity contribution in [2.24, 2.45) is 0 Å². The summed E-state index contributed by atoms with van der Waals surface area (Å²) < 4.78 is 34.1. The van der Waals surface area contributed by atoms with E-state index in [0.29, 0.717) is 0 Å². The molecule has 166 valence electrons. The van der Waals surface area contributed by atoms with Gasteiger partial charge in [0.2, 0.25) is 10.0 Å². The van der Waals surface area contributed by atoms with Crippen LogP contribution in [0.5, 0.6) is 0 Å². The molecule has 0 saturated carbocycles. The SMILES string of the molecule is COC(=O)C[C@@H](c1ccccc1)[C@@H](/C=C/c1ccccc1)NS(=O)(=O)c1ccc(C)cc1. The fourth-order valence-electron chi connectivity index (χ4n) is 3.41. The summed E-state index contributed by atoms with van der Waals surface area (Å²) in [4.78, 5) is 12.4. The van der Waals surface area contributed by atoms with Crippen LogP contribution in [0, 0.1) is 6.92 Å². The van der Waals surface area contributed by atoms with Crippen molar-refractivity contribution in [3.63, 3.8) is 0 Å². The summed E-state index contributed by atoms with van der Waals surface area (Å²) in [6.07, 6.45) is 3.68. The molecule has 3 rings (SSSR count). The van der Waals surface area contributed by atoms with Crippen molar-refractivity contribution in [2.45, 2.75) is 30.2 Å². The number of esters is 1. The quantitative estimate of drug-likeness (QED) is 0.481. The van der Waals surface area contributed by atoms with Gasteiger partial charge in [-0.3, -0.25) is 4.79 Å². The Morgan fingerprint density at radius 2 is 1.53 bits per heavy atom. The molecule has 0 bridgehead atoms. The van der Waals surface area contributed by atoms with E-state index >= 15 is 0 Å². The maximum absolute atomic E-state index is 13.2. The number of hydrogen-bond acceptors (Lipinski definition) is 4. The third-order valence-corrected chi connectivity index (χ3v) is 6.67. The molecular weight excluding hydrogens is 422 g/mol. The van der Waals surface area contributed by atoms with Crippen molar-refractivity contribution in [3.05, 3.63) is 108 Å². The molecular formula is C26H27NO4S. The lowest BCUT2D eigenvalue weighted by atomic mass is 9.88. The van der Waals surface area contributed by atoms with Gasteiger partial charge in [0.25, 0.3) is 0 Å². The summed E-state index contributed by atoms with van der Waals surface area (Å²) in [5.74, 6) is -0.865. The number of ether oxygens (including phenoxy) is 1. The van der Waals surface area contributed by atoms with Gasteiger partial charge in [0.1, 0.15) is 0 Å². The van der Waals surface area contributed by atoms with Gasteiger partial charge in [-0.1, -0.05) is 90.5 Å². The number of carbonyl (C=O) groups excluding carboxylic acids is 1. The predicted molar refractivity (Wildman–Crippen MR) is 127 cm³/mol. The first kappa shape index (κ1) is 23.4. The van der Waals surface area contributed by atoms with Crippen LogP contribution in [0.2, 0.25) is 0 Å². The second-order valence-corrected chi connectivity index (χ2v) is 9.24. The molecule has 6 heteroatoms. The first-order valence-electron chi connectivity index (χ1n) is 10.3. The van der Waals surface area contributed by atoms with Gasteiger partial charge in [-0.25, -0.2) is 13.1 Å². The van der Waals surface area contributed by atoms with Crippen LogP contribution >= 0.6 is 0 Å². The van der Waals surface area contributed by atoms with E-state index in [1.807, 2.05) is 73.7 Å². The summed E-state index contributed by atoms with van der Waals surface area (Å²) in [5, 5.41) is 0. The number of carbonyl (C=O) groups is 1. The molecule has 0 fully saturated rings. The van der Waals surface area contributed by atoms with Gasteiger partial charge in [0, 0.05) is 12.0 Å². The Bertz CT molecular complexity index is 1140. The molecule has 32 heavy (non-hydrogen) atoms. The van der Waals surface area contributed by atoms with Crippen molar-refractivity contribution in [2.75, 3.05) is 7.11 Å². The minimum atomic E-state index is -3.83. The Morgan fingerprint density at radius 1 is 0.938 bits per heavy atom. The lowest BCUT2D eigenvalue weighted by Crippen LogP contribution is -2.38. The van der Waals surface area contributed by atoms with Gasteiger partial charge in [-0.05, 0) is 30.2 Å². The van der Waals surface area contributed by atoms with Crippen LogP contribution in [0.15, 0.2) is 95.9 Å². The molecule has 1 N–H and O–H groups in total. The van der Waals surface area contributed by atoms with E-state index in [2.05, 4.69) is 4.72 Å². The zero-order valence-corrected chi connectivity index (χ0v) is 19.0. The van der Waals surface area contributed by atoms with E-state index in [0.717, 1.165) is 16.7 Å². The van der Waals surface area contributed by atoms with Gasteiger partial charge < -0.3 is 4.74 Å². The summed E-state index contributed by atoms with van der Waals surface area (Å²) in [6, 6.07) is 25.0. The zero-order chi connectivity index (χ0) is 23.0. The second-order valence-electron chi connectivity index (χ2n) is 7.53. The number of sulfonamides is 1. The molecule has 3 aromatic rings. The first-order valence-corrected chi connectivity index (χ1v) is 11.8. The number of benzene rings is 3. The van der Waals surface area contributed by atoms with Crippen molar-refractivity contribution in [1.82, 2.24) is 4.72 Å². The Labute approximate surface area is 189 Å². The third kappa shape index (κ3) is 6.39. The predicted octanol–water partition coefficient (Wildman–Crippen LogP) is 4.70. The molecule has 0 amide bonds. The normalized spacial score (nSPS) is 13.6. The second kappa shape index (κ2) is 10.9. The van der Waals surface area contributed by atoms with E-state index in [-0.39, 0.29) is 11.3 Å². The molecule has 0 spiro atoms. The van der Waals surface area contributed by atoms with E-state index in [9.17, 15) is 13.2 Å². The minimum absolute atomic E-state index is 0.0285. The van der Waals surface area contributed by atoms with Gasteiger partial charge in [0.15, 0.2) is 0 Å². The summed E-state index contributed by atoms with van der Waals surface area (Å²) in [7, 11) is -2.50. The average Bonchev–Trinajstić information content (AvgIpc) is 2.81. The van der Waals surface area contributed by atoms with Crippen molar-refractivity contribution < 1.29 is 17.9 Å². The Hall–Kier alpha value is -3.22. The lowest BCUT2D eigenvalue weighted by molar-refractivity contribution is -0.141. The van der Waals surface area contributed by atoms with Crippen LogP contribution in [-0.2, 0) is 19.6 Å². The number of rotatable bonds is 9. The van der Waals surface area contributed by atoms with Crippen LogP contribution in [0.3, 0.4) is 0 Å². The molecule has 5 nitrogen and oxygen atoms in total. The van der Waals surface area contributed by atoms with Crippen LogP contribution in [0.4, 0.5) is 0 Å². The molecule has 0 unspecified atom stereocenters. The highest BCUT2D eigenvalue weighted by atomic mass is 32.2. The standard InChI is InChI=1S/C26H27NO4S/c1-20-13-16-23(17-14-20)32(29,30)27-25(18-15-21-9-5-3-6-10-21)24(19-26(28)31-2)22-11-7-4-8-12-22/h3-18,24-25,27H,19H2,1-2H3/b18-15+/t24-,25+/m0/s1. The molecule has 0 aliphatic carbocycles. The maximum atomic E-state index is 13.2. The van der Waals surface area contributed by atoms with Crippen LogP contribution < -0.4 is 4.72 Å². The van der Waals surface area contributed by atoms with Crippen LogP contribution in [0.1, 0.15) is 29.0 Å². The topological polar surface area (TPSA) is 72.5 Å². The van der Waals surface area contributed by atoms with E-state index < -0.39 is 28.0 Å². The zero-order valence-electron chi connectivity index (χ0n) is 18.1. The summed E-state index contributed by atoms with van der Waals surface area (Å²) in [5.41, 5.74) is 2.74. The largest absolute Gasteiger partial charge is 0.469 e. The molecule has 3 aromatic carbocycles. The van der Waals surface area contributed by atoms with Gasteiger partial charge in [-0.2, -0.15) is 0 Å². The van der Waals surface area contributed by atoms with Crippen molar-refractivity contribution in [3.8, 4) is 0 Å². The monoisotopic (exact) mass is 449 g/mol. The van der Waals surface area contributed by atoms with Gasteiger partial charge in [-0.15, -0.1) is 0 Å². The number of aryl methyl sites for hydroxylation is 1. The van der Waals surface area contributed by atoms with E-state index in [1.54, 1.807) is 30.3 Å². The number of methoxy groups -OCH3 is 1. The fourth-order valence-corrected chi connectivity index (χ4v) is 4.65. The molecule has 0 aliphatic rings. The molecule has 0 heterocycles. The van der Waals surface area contributed by atoms with Gasteiger partial charge in [0.05, 0.1) is 18.4 Å². The summed E-state index contributed by atoms with van der Waals surface area (Å²) in [6.45, 7) is 1.90. The molecule has 2 atom stereocenters.